The van der Waals surface area contributed by atoms with Gasteiger partial charge in [-0.05, 0) is 23.8 Å². The lowest BCUT2D eigenvalue weighted by Crippen LogP contribution is -2.48. The highest BCUT2D eigenvalue weighted by atomic mass is 19.1. The summed E-state index contributed by atoms with van der Waals surface area (Å²) in [5.41, 5.74) is 0.571. The molecule has 1 fully saturated rings. The third-order valence-electron chi connectivity index (χ3n) is 2.92. The van der Waals surface area contributed by atoms with Crippen molar-refractivity contribution in [3.8, 4) is 0 Å². The maximum Gasteiger partial charge on any atom is 0.334 e. The normalized spacial score (nSPS) is 19.2. The topological polar surface area (TPSA) is 66.8 Å². The average molecular weight is 279 g/mol. The summed E-state index contributed by atoms with van der Waals surface area (Å²) in [7, 11) is 0. The van der Waals surface area contributed by atoms with Gasteiger partial charge in [-0.2, -0.15) is 0 Å². The summed E-state index contributed by atoms with van der Waals surface area (Å²) in [6.07, 6.45) is 1.81. The van der Waals surface area contributed by atoms with Crippen molar-refractivity contribution < 1.29 is 23.8 Å². The molecule has 20 heavy (non-hydrogen) atoms. The molecule has 1 heterocycles. The van der Waals surface area contributed by atoms with Gasteiger partial charge in [0.15, 0.2) is 6.10 Å². The van der Waals surface area contributed by atoms with Gasteiger partial charge in [-0.1, -0.05) is 12.1 Å². The SMILES string of the molecule is O=C(O)C1CN(C(=O)/C=C/c2cccc(F)c2)CCO1. The second-order valence-corrected chi connectivity index (χ2v) is 4.37. The van der Waals surface area contributed by atoms with E-state index in [1.807, 2.05) is 0 Å². The Labute approximate surface area is 115 Å². The van der Waals surface area contributed by atoms with Crippen molar-refractivity contribution in [3.05, 3.63) is 41.7 Å². The number of nitrogens with zero attached hydrogens (tertiary/aromatic N) is 1. The summed E-state index contributed by atoms with van der Waals surface area (Å²) in [4.78, 5) is 24.1. The van der Waals surface area contributed by atoms with Gasteiger partial charge in [-0.15, -0.1) is 0 Å². The molecule has 1 aliphatic rings. The monoisotopic (exact) mass is 279 g/mol. The second kappa shape index (κ2) is 6.29. The quantitative estimate of drug-likeness (QED) is 0.843. The number of halogens is 1. The zero-order valence-corrected chi connectivity index (χ0v) is 10.7. The molecule has 1 N–H and O–H groups in total. The van der Waals surface area contributed by atoms with E-state index in [2.05, 4.69) is 0 Å². The van der Waals surface area contributed by atoms with Gasteiger partial charge in [0.2, 0.25) is 5.91 Å². The van der Waals surface area contributed by atoms with Crippen LogP contribution in [0.5, 0.6) is 0 Å². The van der Waals surface area contributed by atoms with Crippen molar-refractivity contribution in [1.82, 2.24) is 4.90 Å². The Bertz CT molecular complexity index is 544. The van der Waals surface area contributed by atoms with Gasteiger partial charge in [-0.3, -0.25) is 4.79 Å². The highest BCUT2D eigenvalue weighted by Crippen LogP contribution is 2.09. The molecular weight excluding hydrogens is 265 g/mol. The minimum Gasteiger partial charge on any atom is -0.479 e. The molecule has 106 valence electrons. The van der Waals surface area contributed by atoms with Gasteiger partial charge in [0, 0.05) is 12.6 Å². The van der Waals surface area contributed by atoms with Crippen LogP contribution in [-0.4, -0.2) is 47.7 Å². The fourth-order valence-electron chi connectivity index (χ4n) is 1.88. The molecule has 0 spiro atoms. The first-order valence-corrected chi connectivity index (χ1v) is 6.13. The number of hydrogen-bond donors (Lipinski definition) is 1. The fourth-order valence-corrected chi connectivity index (χ4v) is 1.88. The van der Waals surface area contributed by atoms with Crippen molar-refractivity contribution in [2.24, 2.45) is 0 Å². The second-order valence-electron chi connectivity index (χ2n) is 4.37. The Morgan fingerprint density at radius 3 is 2.95 bits per heavy atom. The van der Waals surface area contributed by atoms with Crippen LogP contribution in [0.15, 0.2) is 30.3 Å². The van der Waals surface area contributed by atoms with Crippen LogP contribution in [0, 0.1) is 5.82 Å². The van der Waals surface area contributed by atoms with E-state index in [1.54, 1.807) is 12.1 Å². The molecule has 2 rings (SSSR count). The number of carbonyl (C=O) groups is 2. The molecule has 0 aromatic heterocycles. The molecule has 1 aromatic rings. The summed E-state index contributed by atoms with van der Waals surface area (Å²) in [5, 5.41) is 8.85. The zero-order valence-electron chi connectivity index (χ0n) is 10.7. The predicted octanol–water partition coefficient (Wildman–Crippen LogP) is 1.15. The summed E-state index contributed by atoms with van der Waals surface area (Å²) in [6.45, 7) is 0.550. The van der Waals surface area contributed by atoms with Crippen molar-refractivity contribution >= 4 is 18.0 Å². The minimum atomic E-state index is -1.09. The number of amides is 1. The van der Waals surface area contributed by atoms with E-state index in [4.69, 9.17) is 9.84 Å². The lowest BCUT2D eigenvalue weighted by Gasteiger charge is -2.30. The van der Waals surface area contributed by atoms with Crippen LogP contribution in [0.1, 0.15) is 5.56 Å². The first kappa shape index (κ1) is 14.2. The molecule has 1 atom stereocenters. The van der Waals surface area contributed by atoms with Gasteiger partial charge < -0.3 is 14.7 Å². The Kier molecular flexibility index (Phi) is 4.47. The summed E-state index contributed by atoms with van der Waals surface area (Å²) in [5.74, 6) is -1.78. The van der Waals surface area contributed by atoms with E-state index >= 15 is 0 Å². The molecule has 1 unspecified atom stereocenters. The predicted molar refractivity (Wildman–Crippen MR) is 69.4 cm³/mol. The number of aliphatic carboxylic acids is 1. The Balaban J connectivity index is 1.99. The third-order valence-corrected chi connectivity index (χ3v) is 2.92. The Morgan fingerprint density at radius 1 is 1.45 bits per heavy atom. The smallest absolute Gasteiger partial charge is 0.334 e. The molecule has 1 aromatic carbocycles. The fraction of sp³-hybridized carbons (Fsp3) is 0.286. The first-order chi connectivity index (χ1) is 9.56. The van der Waals surface area contributed by atoms with E-state index in [0.717, 1.165) is 0 Å². The average Bonchev–Trinajstić information content (AvgIpc) is 2.45. The van der Waals surface area contributed by atoms with Crippen LogP contribution in [0.3, 0.4) is 0 Å². The largest absolute Gasteiger partial charge is 0.479 e. The number of hydrogen-bond acceptors (Lipinski definition) is 3. The lowest BCUT2D eigenvalue weighted by molar-refractivity contribution is -0.158. The van der Waals surface area contributed by atoms with Gasteiger partial charge in [0.25, 0.3) is 0 Å². The molecule has 0 bridgehead atoms. The number of carbonyl (C=O) groups excluding carboxylic acids is 1. The molecule has 1 aliphatic heterocycles. The minimum absolute atomic E-state index is 0.0155. The maximum absolute atomic E-state index is 13.0. The Hall–Kier alpha value is -2.21. The molecule has 1 amide bonds. The molecular formula is C14H14FNO4. The van der Waals surface area contributed by atoms with Crippen molar-refractivity contribution in [3.63, 3.8) is 0 Å². The number of carboxylic acids is 1. The van der Waals surface area contributed by atoms with Crippen molar-refractivity contribution in [1.29, 1.82) is 0 Å². The number of benzene rings is 1. The van der Waals surface area contributed by atoms with E-state index in [9.17, 15) is 14.0 Å². The van der Waals surface area contributed by atoms with Gasteiger partial charge in [0.1, 0.15) is 5.82 Å². The van der Waals surface area contributed by atoms with Gasteiger partial charge in [-0.25, -0.2) is 9.18 Å². The highest BCUT2D eigenvalue weighted by molar-refractivity contribution is 5.92. The highest BCUT2D eigenvalue weighted by Gasteiger charge is 2.27. The van der Waals surface area contributed by atoms with E-state index < -0.39 is 12.1 Å². The lowest BCUT2D eigenvalue weighted by atomic mass is 10.2. The van der Waals surface area contributed by atoms with Crippen LogP contribution in [-0.2, 0) is 14.3 Å². The molecule has 0 aliphatic carbocycles. The number of rotatable bonds is 3. The summed E-state index contributed by atoms with van der Waals surface area (Å²) in [6, 6.07) is 5.85. The first-order valence-electron chi connectivity index (χ1n) is 6.13. The van der Waals surface area contributed by atoms with Crippen LogP contribution in [0.4, 0.5) is 4.39 Å². The van der Waals surface area contributed by atoms with E-state index in [0.29, 0.717) is 12.1 Å². The van der Waals surface area contributed by atoms with E-state index in [1.165, 1.54) is 29.2 Å². The van der Waals surface area contributed by atoms with Crippen molar-refractivity contribution in [2.75, 3.05) is 19.7 Å². The molecule has 0 radical (unpaired) electrons. The maximum atomic E-state index is 13.0. The van der Waals surface area contributed by atoms with Crippen LogP contribution in [0.25, 0.3) is 6.08 Å². The van der Waals surface area contributed by atoms with Crippen LogP contribution in [0.2, 0.25) is 0 Å². The van der Waals surface area contributed by atoms with Crippen LogP contribution < -0.4 is 0 Å². The molecule has 1 saturated heterocycles. The zero-order chi connectivity index (χ0) is 14.5. The summed E-state index contributed by atoms with van der Waals surface area (Å²) >= 11 is 0. The third kappa shape index (κ3) is 3.64. The molecule has 5 nitrogen and oxygen atoms in total. The molecule has 0 saturated carbocycles. The Morgan fingerprint density at radius 2 is 2.25 bits per heavy atom. The number of carboxylic acid groups (broad SMARTS) is 1. The van der Waals surface area contributed by atoms with E-state index in [-0.39, 0.29) is 24.9 Å². The van der Waals surface area contributed by atoms with Crippen molar-refractivity contribution in [2.45, 2.75) is 6.10 Å². The van der Waals surface area contributed by atoms with Gasteiger partial charge in [0.05, 0.1) is 13.2 Å². The number of morpholine rings is 1. The van der Waals surface area contributed by atoms with Crippen LogP contribution >= 0.6 is 0 Å². The summed E-state index contributed by atoms with van der Waals surface area (Å²) < 4.78 is 18.0. The number of ether oxygens (including phenoxy) is 1. The molecule has 6 heteroatoms. The van der Waals surface area contributed by atoms with Gasteiger partial charge >= 0.3 is 5.97 Å². The standard InChI is InChI=1S/C14H14FNO4/c15-11-3-1-2-10(8-11)4-5-13(17)16-6-7-20-12(9-16)14(18)19/h1-5,8,12H,6-7,9H2,(H,18,19)/b5-4+.